The lowest BCUT2D eigenvalue weighted by Gasteiger charge is -2.14. The first-order valence-corrected chi connectivity index (χ1v) is 9.82. The third kappa shape index (κ3) is 3.93. The maximum atomic E-state index is 5.48. The van der Waals surface area contributed by atoms with Gasteiger partial charge in [0.05, 0.1) is 12.2 Å². The molecule has 0 aliphatic carbocycles. The van der Waals surface area contributed by atoms with Gasteiger partial charge < -0.3 is 4.52 Å². The molecule has 0 saturated carbocycles. The van der Waals surface area contributed by atoms with Gasteiger partial charge in [0.1, 0.15) is 0 Å². The molecule has 1 aromatic carbocycles. The molecule has 0 N–H and O–H groups in total. The number of benzene rings is 1. The molecule has 1 atom stereocenters. The molecule has 1 fully saturated rings. The lowest BCUT2D eigenvalue weighted by Crippen LogP contribution is -2.20. The number of hydrogen-bond donors (Lipinski definition) is 0. The largest absolute Gasteiger partial charge is 0.338 e. The van der Waals surface area contributed by atoms with Gasteiger partial charge in [0.15, 0.2) is 0 Å². The lowest BCUT2D eigenvalue weighted by atomic mass is 9.98. The topological polar surface area (TPSA) is 67.9 Å². The van der Waals surface area contributed by atoms with Gasteiger partial charge in [-0.05, 0) is 48.7 Å². The zero-order valence-corrected chi connectivity index (χ0v) is 16.0. The molecule has 4 aromatic rings. The Morgan fingerprint density at radius 3 is 2.69 bits per heavy atom. The van der Waals surface area contributed by atoms with Gasteiger partial charge in [0, 0.05) is 36.3 Å². The molecule has 144 valence electrons. The minimum atomic E-state index is 0.482. The Morgan fingerprint density at radius 2 is 1.83 bits per heavy atom. The van der Waals surface area contributed by atoms with Crippen LogP contribution in [0.1, 0.15) is 23.8 Å². The summed E-state index contributed by atoms with van der Waals surface area (Å²) >= 11 is 0. The van der Waals surface area contributed by atoms with Gasteiger partial charge in [-0.3, -0.25) is 14.9 Å². The Labute approximate surface area is 169 Å². The summed E-state index contributed by atoms with van der Waals surface area (Å²) in [6.07, 6.45) is 6.61. The van der Waals surface area contributed by atoms with E-state index in [4.69, 9.17) is 4.52 Å². The second-order valence-electron chi connectivity index (χ2n) is 7.31. The van der Waals surface area contributed by atoms with Gasteiger partial charge in [-0.2, -0.15) is 4.98 Å². The van der Waals surface area contributed by atoms with Gasteiger partial charge in [0.25, 0.3) is 0 Å². The Kier molecular flexibility index (Phi) is 4.84. The van der Waals surface area contributed by atoms with E-state index in [0.29, 0.717) is 24.2 Å². The van der Waals surface area contributed by atoms with Crippen LogP contribution in [0, 0.1) is 0 Å². The molecule has 4 heterocycles. The third-order valence-corrected chi connectivity index (χ3v) is 5.36. The van der Waals surface area contributed by atoms with E-state index < -0.39 is 0 Å². The smallest absolute Gasteiger partial charge is 0.241 e. The molecule has 1 aliphatic heterocycles. The quantitative estimate of drug-likeness (QED) is 0.515. The molecule has 1 saturated heterocycles. The van der Waals surface area contributed by atoms with Crippen molar-refractivity contribution in [3.63, 3.8) is 0 Å². The standard InChI is InChI=1S/C23H21N5O/c1-2-4-18(5-3-1)23-26-22(29-27-23)16-28-13-9-20(15-28)19-8-12-25-21(14-19)17-6-10-24-11-7-17/h1-8,10-12,14,20H,9,13,15-16H2/t20-/m1/s1. The van der Waals surface area contributed by atoms with Crippen molar-refractivity contribution >= 4 is 0 Å². The van der Waals surface area contributed by atoms with Crippen LogP contribution in [0.4, 0.5) is 0 Å². The number of pyridine rings is 2. The van der Waals surface area contributed by atoms with Crippen molar-refractivity contribution in [3.05, 3.63) is 84.6 Å². The van der Waals surface area contributed by atoms with Crippen LogP contribution in [0.2, 0.25) is 0 Å². The van der Waals surface area contributed by atoms with Crippen molar-refractivity contribution in [2.24, 2.45) is 0 Å². The summed E-state index contributed by atoms with van der Waals surface area (Å²) in [7, 11) is 0. The summed E-state index contributed by atoms with van der Waals surface area (Å²) in [5.41, 5.74) is 4.38. The molecule has 0 unspecified atom stereocenters. The fourth-order valence-corrected chi connectivity index (χ4v) is 3.84. The van der Waals surface area contributed by atoms with E-state index in [2.05, 4.69) is 37.1 Å². The number of nitrogens with zero attached hydrogens (tertiary/aromatic N) is 5. The van der Waals surface area contributed by atoms with Gasteiger partial charge in [-0.25, -0.2) is 0 Å². The highest BCUT2D eigenvalue weighted by atomic mass is 16.5. The highest BCUT2D eigenvalue weighted by molar-refractivity contribution is 5.59. The molecule has 6 nitrogen and oxygen atoms in total. The first-order chi connectivity index (χ1) is 14.3. The van der Waals surface area contributed by atoms with Crippen molar-refractivity contribution in [3.8, 4) is 22.6 Å². The van der Waals surface area contributed by atoms with Crippen LogP contribution >= 0.6 is 0 Å². The summed E-state index contributed by atoms with van der Waals surface area (Å²) in [4.78, 5) is 15.5. The molecule has 0 spiro atoms. The summed E-state index contributed by atoms with van der Waals surface area (Å²) in [5, 5.41) is 4.12. The Morgan fingerprint density at radius 1 is 0.966 bits per heavy atom. The van der Waals surface area contributed by atoms with Crippen LogP contribution < -0.4 is 0 Å². The molecule has 6 heteroatoms. The van der Waals surface area contributed by atoms with E-state index in [0.717, 1.165) is 36.3 Å². The lowest BCUT2D eigenvalue weighted by molar-refractivity contribution is 0.265. The van der Waals surface area contributed by atoms with Crippen LogP contribution in [0.3, 0.4) is 0 Å². The Hall–Kier alpha value is -3.38. The summed E-state index contributed by atoms with van der Waals surface area (Å²) in [6.45, 7) is 2.67. The van der Waals surface area contributed by atoms with Crippen molar-refractivity contribution in [2.75, 3.05) is 13.1 Å². The summed E-state index contributed by atoms with van der Waals surface area (Å²) in [6, 6.07) is 18.2. The predicted octanol–water partition coefficient (Wildman–Crippen LogP) is 4.18. The predicted molar refractivity (Wildman–Crippen MR) is 110 cm³/mol. The SMILES string of the molecule is c1ccc(-c2noc(CN3CC[C@@H](c4ccnc(-c5ccncc5)c4)C3)n2)cc1. The zero-order valence-electron chi connectivity index (χ0n) is 16.0. The molecule has 0 amide bonds. The molecule has 5 rings (SSSR count). The first kappa shape index (κ1) is 17.7. The van der Waals surface area contributed by atoms with Crippen molar-refractivity contribution in [1.29, 1.82) is 0 Å². The normalized spacial score (nSPS) is 16.9. The highest BCUT2D eigenvalue weighted by Crippen LogP contribution is 2.30. The van der Waals surface area contributed by atoms with Crippen LogP contribution in [-0.2, 0) is 6.54 Å². The van der Waals surface area contributed by atoms with E-state index in [1.54, 1.807) is 12.4 Å². The van der Waals surface area contributed by atoms with Crippen molar-refractivity contribution in [1.82, 2.24) is 25.0 Å². The molecule has 1 aliphatic rings. The van der Waals surface area contributed by atoms with E-state index in [1.165, 1.54) is 5.56 Å². The van der Waals surface area contributed by atoms with Gasteiger partial charge in [0.2, 0.25) is 11.7 Å². The van der Waals surface area contributed by atoms with Crippen molar-refractivity contribution < 1.29 is 4.52 Å². The number of hydrogen-bond acceptors (Lipinski definition) is 6. The molecular weight excluding hydrogens is 362 g/mol. The van der Waals surface area contributed by atoms with E-state index in [9.17, 15) is 0 Å². The Balaban J connectivity index is 1.26. The van der Waals surface area contributed by atoms with Crippen molar-refractivity contribution in [2.45, 2.75) is 18.9 Å². The average Bonchev–Trinajstić information content (AvgIpc) is 3.45. The second-order valence-corrected chi connectivity index (χ2v) is 7.31. The molecule has 0 bridgehead atoms. The monoisotopic (exact) mass is 383 g/mol. The highest BCUT2D eigenvalue weighted by Gasteiger charge is 2.25. The van der Waals surface area contributed by atoms with E-state index in [1.807, 2.05) is 48.7 Å². The van der Waals surface area contributed by atoms with Gasteiger partial charge in [-0.1, -0.05) is 35.5 Å². The molecule has 0 radical (unpaired) electrons. The van der Waals surface area contributed by atoms with Gasteiger partial charge >= 0.3 is 0 Å². The molecule has 3 aromatic heterocycles. The fourth-order valence-electron chi connectivity index (χ4n) is 3.84. The molecular formula is C23H21N5O. The van der Waals surface area contributed by atoms with Crippen LogP contribution in [0.5, 0.6) is 0 Å². The number of likely N-dealkylation sites (tertiary alicyclic amines) is 1. The van der Waals surface area contributed by atoms with E-state index in [-0.39, 0.29) is 0 Å². The Bertz CT molecular complexity index is 1080. The number of aromatic nitrogens is 4. The van der Waals surface area contributed by atoms with Crippen LogP contribution in [-0.4, -0.2) is 38.1 Å². The minimum Gasteiger partial charge on any atom is -0.338 e. The van der Waals surface area contributed by atoms with Gasteiger partial charge in [-0.15, -0.1) is 0 Å². The maximum absolute atomic E-state index is 5.48. The minimum absolute atomic E-state index is 0.482. The third-order valence-electron chi connectivity index (χ3n) is 5.36. The average molecular weight is 383 g/mol. The number of rotatable bonds is 5. The molecule has 29 heavy (non-hydrogen) atoms. The maximum Gasteiger partial charge on any atom is 0.241 e. The van der Waals surface area contributed by atoms with E-state index >= 15 is 0 Å². The second kappa shape index (κ2) is 7.93. The van der Waals surface area contributed by atoms with Crippen LogP contribution in [0.25, 0.3) is 22.6 Å². The van der Waals surface area contributed by atoms with Crippen LogP contribution in [0.15, 0.2) is 77.7 Å². The summed E-state index contributed by atoms with van der Waals surface area (Å²) in [5.74, 6) is 1.79. The summed E-state index contributed by atoms with van der Waals surface area (Å²) < 4.78 is 5.48. The zero-order chi connectivity index (χ0) is 19.5. The first-order valence-electron chi connectivity index (χ1n) is 9.82. The fraction of sp³-hybridized carbons (Fsp3) is 0.217.